The van der Waals surface area contributed by atoms with Gasteiger partial charge >= 0.3 is 0 Å². The van der Waals surface area contributed by atoms with E-state index in [0.29, 0.717) is 28.5 Å². The fourth-order valence-electron chi connectivity index (χ4n) is 2.43. The molecule has 136 valence electrons. The normalized spacial score (nSPS) is 10.5. The highest BCUT2D eigenvalue weighted by atomic mass is 32.2. The van der Waals surface area contributed by atoms with Crippen molar-refractivity contribution in [2.75, 3.05) is 18.8 Å². The summed E-state index contributed by atoms with van der Waals surface area (Å²) in [7, 11) is 1.65. The lowest BCUT2D eigenvalue weighted by atomic mass is 10.2. The Morgan fingerprint density at radius 3 is 2.46 bits per heavy atom. The van der Waals surface area contributed by atoms with Gasteiger partial charge in [-0.05, 0) is 19.4 Å². The molecule has 0 saturated heterocycles. The largest absolute Gasteiger partial charge is 0.340 e. The van der Waals surface area contributed by atoms with E-state index in [1.807, 2.05) is 26.0 Å². The maximum atomic E-state index is 12.6. The van der Waals surface area contributed by atoms with Crippen molar-refractivity contribution in [2.24, 2.45) is 7.05 Å². The first-order chi connectivity index (χ1) is 12.4. The Balaban J connectivity index is 2.19. The molecular weight excluding hydrogens is 370 g/mol. The first-order valence-electron chi connectivity index (χ1n) is 8.01. The number of thiophene rings is 1. The van der Waals surface area contributed by atoms with Crippen molar-refractivity contribution in [3.8, 4) is 12.1 Å². The summed E-state index contributed by atoms with van der Waals surface area (Å²) in [6.45, 7) is 4.47. The van der Waals surface area contributed by atoms with Gasteiger partial charge in [-0.25, -0.2) is 4.98 Å². The molecule has 0 bridgehead atoms. The molecule has 9 heteroatoms. The second-order valence-corrected chi connectivity index (χ2v) is 7.85. The minimum absolute atomic E-state index is 0.103. The molecule has 7 nitrogen and oxygen atoms in total. The minimum atomic E-state index is -0.173. The van der Waals surface area contributed by atoms with E-state index in [1.54, 1.807) is 7.05 Å². The standard InChI is InChI=1S/C17H19N5O2S2/c1-11-12(2)26-15-14(11)16(24)21(3)17(20-15)25-10-13(23)22(8-4-6-18)9-5-7-19/h4-5,8-10H2,1-3H3. The quantitative estimate of drug-likeness (QED) is 0.532. The third-order valence-electron chi connectivity index (χ3n) is 4.03. The van der Waals surface area contributed by atoms with Crippen LogP contribution < -0.4 is 5.56 Å². The van der Waals surface area contributed by atoms with Gasteiger partial charge in [0.25, 0.3) is 5.56 Å². The monoisotopic (exact) mass is 389 g/mol. The molecule has 0 aliphatic heterocycles. The molecule has 0 fully saturated rings. The van der Waals surface area contributed by atoms with Crippen LogP contribution in [0, 0.1) is 36.5 Å². The average molecular weight is 390 g/mol. The van der Waals surface area contributed by atoms with Crippen LogP contribution >= 0.6 is 23.1 Å². The number of rotatable bonds is 7. The van der Waals surface area contributed by atoms with E-state index in [1.165, 1.54) is 32.6 Å². The van der Waals surface area contributed by atoms with Gasteiger partial charge in [-0.15, -0.1) is 11.3 Å². The zero-order chi connectivity index (χ0) is 19.3. The zero-order valence-corrected chi connectivity index (χ0v) is 16.5. The van der Waals surface area contributed by atoms with Crippen LogP contribution in [-0.2, 0) is 11.8 Å². The Kier molecular flexibility index (Phi) is 6.78. The van der Waals surface area contributed by atoms with Crippen LogP contribution in [0.4, 0.5) is 0 Å². The van der Waals surface area contributed by atoms with Crippen LogP contribution in [0.15, 0.2) is 9.95 Å². The fourth-order valence-corrected chi connectivity index (χ4v) is 4.38. The first kappa shape index (κ1) is 20.0. The molecule has 0 aromatic carbocycles. The predicted molar refractivity (Wildman–Crippen MR) is 102 cm³/mol. The maximum Gasteiger partial charge on any atom is 0.262 e. The van der Waals surface area contributed by atoms with Crippen LogP contribution in [0.25, 0.3) is 10.2 Å². The SMILES string of the molecule is Cc1sc2nc(SCC(=O)N(CCC#N)CCC#N)n(C)c(=O)c2c1C. The van der Waals surface area contributed by atoms with Crippen molar-refractivity contribution >= 4 is 39.2 Å². The second-order valence-electron chi connectivity index (χ2n) is 5.71. The summed E-state index contributed by atoms with van der Waals surface area (Å²) in [6.07, 6.45) is 0.441. The molecule has 0 aliphatic carbocycles. The van der Waals surface area contributed by atoms with E-state index in [2.05, 4.69) is 4.98 Å². The van der Waals surface area contributed by atoms with Gasteiger partial charge in [-0.2, -0.15) is 10.5 Å². The van der Waals surface area contributed by atoms with E-state index in [-0.39, 0.29) is 30.1 Å². The molecule has 0 N–H and O–H groups in total. The number of carbonyl (C=O) groups is 1. The van der Waals surface area contributed by atoms with Crippen LogP contribution in [0.2, 0.25) is 0 Å². The van der Waals surface area contributed by atoms with Gasteiger partial charge < -0.3 is 4.90 Å². The lowest BCUT2D eigenvalue weighted by molar-refractivity contribution is -0.128. The number of fused-ring (bicyclic) bond motifs is 1. The molecule has 0 atom stereocenters. The lowest BCUT2D eigenvalue weighted by Crippen LogP contribution is -2.34. The number of amides is 1. The van der Waals surface area contributed by atoms with Crippen LogP contribution in [0.1, 0.15) is 23.3 Å². The van der Waals surface area contributed by atoms with Gasteiger partial charge in [0.1, 0.15) is 4.83 Å². The van der Waals surface area contributed by atoms with Crippen LogP contribution in [0.5, 0.6) is 0 Å². The van der Waals surface area contributed by atoms with Crippen LogP contribution in [0.3, 0.4) is 0 Å². The number of carbonyl (C=O) groups excluding carboxylic acids is 1. The fraction of sp³-hybridized carbons (Fsp3) is 0.471. The topological polar surface area (TPSA) is 103 Å². The predicted octanol–water partition coefficient (Wildman–Crippen LogP) is 2.36. The molecule has 26 heavy (non-hydrogen) atoms. The van der Waals surface area contributed by atoms with Crippen molar-refractivity contribution < 1.29 is 4.79 Å². The number of aromatic nitrogens is 2. The summed E-state index contributed by atoms with van der Waals surface area (Å²) in [5, 5.41) is 18.6. The number of nitriles is 2. The van der Waals surface area contributed by atoms with E-state index >= 15 is 0 Å². The molecular formula is C17H19N5O2S2. The summed E-state index contributed by atoms with van der Waals surface area (Å²) in [4.78, 5) is 32.8. The Bertz CT molecular complexity index is 947. The Morgan fingerprint density at radius 2 is 1.88 bits per heavy atom. The third-order valence-corrected chi connectivity index (χ3v) is 6.15. The van der Waals surface area contributed by atoms with Gasteiger partial charge in [0, 0.05) is 25.0 Å². The van der Waals surface area contributed by atoms with Crippen molar-refractivity contribution in [3.63, 3.8) is 0 Å². The zero-order valence-electron chi connectivity index (χ0n) is 14.9. The van der Waals surface area contributed by atoms with Crippen molar-refractivity contribution in [2.45, 2.75) is 31.8 Å². The third kappa shape index (κ3) is 4.24. The van der Waals surface area contributed by atoms with E-state index in [0.717, 1.165) is 10.4 Å². The summed E-state index contributed by atoms with van der Waals surface area (Å²) in [6, 6.07) is 4.02. The maximum absolute atomic E-state index is 12.6. The summed E-state index contributed by atoms with van der Waals surface area (Å²) < 4.78 is 1.47. The molecule has 2 rings (SSSR count). The van der Waals surface area contributed by atoms with Gasteiger partial charge in [0.2, 0.25) is 5.91 Å². The number of nitrogens with zero attached hydrogens (tertiary/aromatic N) is 5. The Labute approximate surface area is 159 Å². The number of thioether (sulfide) groups is 1. The highest BCUT2D eigenvalue weighted by Gasteiger charge is 2.18. The van der Waals surface area contributed by atoms with Crippen molar-refractivity contribution in [1.29, 1.82) is 10.5 Å². The minimum Gasteiger partial charge on any atom is -0.340 e. The summed E-state index contributed by atoms with van der Waals surface area (Å²) in [5.41, 5.74) is 0.836. The average Bonchev–Trinajstić information content (AvgIpc) is 2.91. The molecule has 0 aliphatic rings. The molecule has 2 aromatic heterocycles. The van der Waals surface area contributed by atoms with Crippen molar-refractivity contribution in [1.82, 2.24) is 14.5 Å². The molecule has 0 saturated carbocycles. The second kappa shape index (κ2) is 8.84. The van der Waals surface area contributed by atoms with E-state index in [9.17, 15) is 9.59 Å². The van der Waals surface area contributed by atoms with Gasteiger partial charge in [-0.1, -0.05) is 11.8 Å². The highest BCUT2D eigenvalue weighted by molar-refractivity contribution is 7.99. The lowest BCUT2D eigenvalue weighted by Gasteiger charge is -2.20. The molecule has 2 heterocycles. The van der Waals surface area contributed by atoms with Gasteiger partial charge in [0.15, 0.2) is 5.16 Å². The van der Waals surface area contributed by atoms with Gasteiger partial charge in [-0.3, -0.25) is 14.2 Å². The molecule has 1 amide bonds. The number of hydrogen-bond acceptors (Lipinski definition) is 7. The van der Waals surface area contributed by atoms with Crippen molar-refractivity contribution in [3.05, 3.63) is 20.8 Å². The Morgan fingerprint density at radius 1 is 1.27 bits per heavy atom. The van der Waals surface area contributed by atoms with Gasteiger partial charge in [0.05, 0.1) is 36.1 Å². The molecule has 2 aromatic rings. The molecule has 0 spiro atoms. The Hall–Kier alpha value is -2.36. The highest BCUT2D eigenvalue weighted by Crippen LogP contribution is 2.28. The molecule has 0 radical (unpaired) electrons. The van der Waals surface area contributed by atoms with E-state index < -0.39 is 0 Å². The number of hydrogen-bond donors (Lipinski definition) is 0. The number of aryl methyl sites for hydroxylation is 2. The first-order valence-corrected chi connectivity index (χ1v) is 9.82. The smallest absolute Gasteiger partial charge is 0.262 e. The van der Waals surface area contributed by atoms with Crippen LogP contribution in [-0.4, -0.2) is 39.2 Å². The summed E-state index contributed by atoms with van der Waals surface area (Å²) >= 11 is 2.67. The molecule has 0 unspecified atom stereocenters. The van der Waals surface area contributed by atoms with E-state index in [4.69, 9.17) is 10.5 Å². The summed E-state index contributed by atoms with van der Waals surface area (Å²) in [5.74, 6) is -0.0696.